The number of aromatic nitrogens is 2. The number of quaternary nitrogens is 2. The third-order valence-electron chi connectivity index (χ3n) is 13.0. The quantitative estimate of drug-likeness (QED) is 0.0478. The number of esters is 3. The van der Waals surface area contributed by atoms with Gasteiger partial charge in [0.25, 0.3) is 11.5 Å². The number of ether oxygens (including phenoxy) is 4. The van der Waals surface area contributed by atoms with Crippen molar-refractivity contribution in [2.24, 2.45) is 0 Å². The normalized spacial score (nSPS) is 24.5. The molecule has 2 bridgehead atoms. The number of rotatable bonds is 16. The minimum Gasteiger partial charge on any atom is -0.475 e. The Morgan fingerprint density at radius 3 is 2.18 bits per heavy atom. The van der Waals surface area contributed by atoms with Crippen molar-refractivity contribution < 1.29 is 42.3 Å². The van der Waals surface area contributed by atoms with Crippen LogP contribution in [0, 0.1) is 0 Å². The van der Waals surface area contributed by atoms with Crippen LogP contribution in [0.5, 0.6) is 5.88 Å². The van der Waals surface area contributed by atoms with E-state index in [2.05, 4.69) is 21.7 Å². The van der Waals surface area contributed by atoms with Crippen molar-refractivity contribution in [1.82, 2.24) is 8.75 Å². The number of nitrogens with zero attached hydrogens (tertiary/aromatic N) is 4. The van der Waals surface area contributed by atoms with Gasteiger partial charge in [0.2, 0.25) is 6.23 Å². The average molecular weight is 799 g/mol. The van der Waals surface area contributed by atoms with Crippen LogP contribution in [0.4, 0.5) is 0 Å². The van der Waals surface area contributed by atoms with Crippen LogP contribution in [0.25, 0.3) is 5.57 Å². The highest BCUT2D eigenvalue weighted by Crippen LogP contribution is 2.47. The predicted molar refractivity (Wildman–Crippen MR) is 218 cm³/mol. The first-order valence-electron chi connectivity index (χ1n) is 21.0. The summed E-state index contributed by atoms with van der Waals surface area (Å²) < 4.78 is 35.1. The van der Waals surface area contributed by atoms with Crippen LogP contribution in [0.15, 0.2) is 78.9 Å². The van der Waals surface area contributed by atoms with Gasteiger partial charge in [0.05, 0.1) is 57.1 Å². The highest BCUT2D eigenvalue weighted by Gasteiger charge is 2.57. The topological polar surface area (TPSA) is 114 Å². The van der Waals surface area contributed by atoms with Crippen molar-refractivity contribution in [1.29, 1.82) is 0 Å². The Hall–Kier alpha value is -4.39. The molecule has 1 aromatic heterocycles. The lowest BCUT2D eigenvalue weighted by molar-refractivity contribution is -0.956. The Kier molecular flexibility index (Phi) is 12.9. The summed E-state index contributed by atoms with van der Waals surface area (Å²) in [7, 11) is 2.04. The van der Waals surface area contributed by atoms with Crippen LogP contribution >= 0.6 is 11.7 Å². The van der Waals surface area contributed by atoms with E-state index in [-0.39, 0.29) is 6.10 Å². The molecule has 4 unspecified atom stereocenters. The summed E-state index contributed by atoms with van der Waals surface area (Å²) in [6.45, 7) is 8.39. The molecule has 0 aliphatic carbocycles. The number of carbonyl (C=O) groups is 3. The van der Waals surface area contributed by atoms with Gasteiger partial charge in [-0.2, -0.15) is 4.37 Å². The Bertz CT molecular complexity index is 1850. The summed E-state index contributed by atoms with van der Waals surface area (Å²) >= 11 is 1.13. The molecule has 1 spiro atoms. The molecule has 2 aromatic carbocycles. The fourth-order valence-corrected chi connectivity index (χ4v) is 10.4. The fourth-order valence-electron chi connectivity index (χ4n) is 9.82. The van der Waals surface area contributed by atoms with Crippen molar-refractivity contribution in [2.75, 3.05) is 39.8 Å². The maximum absolute atomic E-state index is 14.7. The largest absolute Gasteiger partial charge is 0.475 e. The van der Waals surface area contributed by atoms with Crippen LogP contribution in [0.2, 0.25) is 0 Å². The molecule has 0 amide bonds. The van der Waals surface area contributed by atoms with E-state index in [9.17, 15) is 14.4 Å². The van der Waals surface area contributed by atoms with Crippen LogP contribution in [-0.4, -0.2) is 99.9 Å². The molecule has 0 radical (unpaired) electrons. The van der Waals surface area contributed by atoms with Gasteiger partial charge in [0.1, 0.15) is 18.3 Å². The summed E-state index contributed by atoms with van der Waals surface area (Å²) in [5.74, 6) is -1.64. The Morgan fingerprint density at radius 2 is 1.53 bits per heavy atom. The van der Waals surface area contributed by atoms with Gasteiger partial charge in [-0.25, -0.2) is 14.4 Å². The maximum Gasteiger partial charge on any atom is 0.360 e. The lowest BCUT2D eigenvalue weighted by Gasteiger charge is -2.47. The zero-order chi connectivity index (χ0) is 39.9. The number of unbranched alkanes of at least 4 members (excludes halogenated alkanes) is 3. The fraction of sp³-hybridized carbons (Fsp3) is 0.533. The summed E-state index contributed by atoms with van der Waals surface area (Å²) in [5.41, 5.74) is 0.786. The molecule has 57 heavy (non-hydrogen) atoms. The molecule has 5 heterocycles. The predicted octanol–water partition coefficient (Wildman–Crippen LogP) is 7.51. The molecule has 12 heteroatoms. The lowest BCUT2D eigenvalue weighted by Crippen LogP contribution is -2.60. The lowest BCUT2D eigenvalue weighted by atomic mass is 9.85. The van der Waals surface area contributed by atoms with Crippen molar-refractivity contribution >= 4 is 35.2 Å². The van der Waals surface area contributed by atoms with E-state index in [1.807, 2.05) is 50.4 Å². The van der Waals surface area contributed by atoms with Crippen molar-refractivity contribution in [2.45, 2.75) is 114 Å². The van der Waals surface area contributed by atoms with Gasteiger partial charge in [0, 0.05) is 80.7 Å². The molecular formula is C45H58N4O7S+2. The first-order chi connectivity index (χ1) is 27.7. The highest BCUT2D eigenvalue weighted by molar-refractivity contribution is 6.99. The van der Waals surface area contributed by atoms with E-state index >= 15 is 0 Å². The Morgan fingerprint density at radius 1 is 0.877 bits per heavy atom. The van der Waals surface area contributed by atoms with Crippen molar-refractivity contribution in [3.05, 3.63) is 95.7 Å². The van der Waals surface area contributed by atoms with Gasteiger partial charge in [-0.15, -0.1) is 4.37 Å². The number of piperidine rings is 1. The molecule has 0 N–H and O–H groups in total. The summed E-state index contributed by atoms with van der Waals surface area (Å²) in [5, 5.41) is 0. The maximum atomic E-state index is 14.7. The monoisotopic (exact) mass is 798 g/mol. The van der Waals surface area contributed by atoms with Gasteiger partial charge >= 0.3 is 17.9 Å². The number of likely N-dealkylation sites (N-methyl/N-ethyl adjacent to an activating group) is 1. The molecule has 3 fully saturated rings. The standard InChI is InChI=1S/C45H58N4O7S/c1-4-5-6-15-29-53-43-42(46-57-47-43)34-17-16-26-48(3,32-34)33(2)54-40(50)24-25-41(51)56-45(35-18-9-7-10-19-35,36-20-11-8-12-21-36)44(52)55-39-30-37-22-23-38(31-39)49(37)27-13-14-28-49/h7-12,17-21,24-25,33,37-39H,4-6,13-16,22-23,26-32H2,1-3H3/q+2/b25-24+. The summed E-state index contributed by atoms with van der Waals surface area (Å²) in [6.07, 6.45) is 15.1. The van der Waals surface area contributed by atoms with Gasteiger partial charge in [-0.05, 0) is 6.42 Å². The number of benzene rings is 2. The second-order valence-corrected chi connectivity index (χ2v) is 17.1. The number of hydrogen-bond acceptors (Lipinski definition) is 10. The molecular weight excluding hydrogens is 741 g/mol. The SMILES string of the molecule is CCCCCCOc1nsnc1C1=CCC[N+](C)(C(C)OC(=O)/C=C/C(=O)OC(C(=O)OC2CC3CCC(C2)[N+]32CCCC2)(c2ccccc2)c2ccccc2)C1. The molecule has 304 valence electrons. The molecule has 3 saturated heterocycles. The van der Waals surface area contributed by atoms with Crippen LogP contribution in [0.1, 0.15) is 101 Å². The summed E-state index contributed by atoms with van der Waals surface area (Å²) in [6, 6.07) is 19.0. The van der Waals surface area contributed by atoms with Crippen molar-refractivity contribution in [3.63, 3.8) is 0 Å². The minimum atomic E-state index is -1.89. The van der Waals surface area contributed by atoms with E-state index in [0.717, 1.165) is 93.1 Å². The molecule has 4 aliphatic heterocycles. The summed E-state index contributed by atoms with van der Waals surface area (Å²) in [4.78, 5) is 41.8. The molecule has 3 aromatic rings. The van der Waals surface area contributed by atoms with Crippen LogP contribution in [-0.2, 0) is 34.2 Å². The second-order valence-electron chi connectivity index (χ2n) is 16.6. The van der Waals surface area contributed by atoms with Gasteiger partial charge in [-0.1, -0.05) is 92.9 Å². The first kappa shape index (κ1) is 40.8. The van der Waals surface area contributed by atoms with Crippen molar-refractivity contribution in [3.8, 4) is 5.88 Å². The Labute approximate surface area is 341 Å². The number of hydrogen-bond donors (Lipinski definition) is 0. The third-order valence-corrected chi connectivity index (χ3v) is 13.5. The molecule has 11 nitrogen and oxygen atoms in total. The smallest absolute Gasteiger partial charge is 0.360 e. The third kappa shape index (κ3) is 8.73. The zero-order valence-electron chi connectivity index (χ0n) is 33.7. The Balaban J connectivity index is 1.03. The molecule has 4 aliphatic rings. The van der Waals surface area contributed by atoms with Gasteiger partial charge in [0.15, 0.2) is 0 Å². The van der Waals surface area contributed by atoms with E-state index in [1.54, 1.807) is 24.3 Å². The molecule has 7 rings (SSSR count). The van der Waals surface area contributed by atoms with E-state index in [1.165, 1.54) is 36.8 Å². The highest BCUT2D eigenvalue weighted by atomic mass is 32.1. The van der Waals surface area contributed by atoms with Gasteiger partial charge < -0.3 is 23.4 Å². The number of carbonyl (C=O) groups excluding carboxylic acids is 3. The minimum absolute atomic E-state index is 0.270. The van der Waals surface area contributed by atoms with Crippen LogP contribution < -0.4 is 4.74 Å². The molecule has 4 atom stereocenters. The van der Waals surface area contributed by atoms with Crippen LogP contribution in [0.3, 0.4) is 0 Å². The van der Waals surface area contributed by atoms with Gasteiger partial charge in [-0.3, -0.25) is 4.48 Å². The van der Waals surface area contributed by atoms with E-state index in [4.69, 9.17) is 18.9 Å². The van der Waals surface area contributed by atoms with E-state index in [0.29, 0.717) is 46.7 Å². The zero-order valence-corrected chi connectivity index (χ0v) is 34.5. The first-order valence-corrected chi connectivity index (χ1v) is 21.7. The molecule has 0 saturated carbocycles. The average Bonchev–Trinajstić information content (AvgIpc) is 3.94. The second kappa shape index (κ2) is 18.0. The van der Waals surface area contributed by atoms with E-state index < -0.39 is 29.7 Å².